The molecule has 3 heterocycles. The van der Waals surface area contributed by atoms with Gasteiger partial charge < -0.3 is 0 Å². The summed E-state index contributed by atoms with van der Waals surface area (Å²) in [5.41, 5.74) is 17.3. The van der Waals surface area contributed by atoms with Crippen molar-refractivity contribution in [1.29, 1.82) is 0 Å². The number of aromatic nitrogens is 3. The summed E-state index contributed by atoms with van der Waals surface area (Å²) in [4.78, 5) is 14.3. The maximum atomic E-state index is 5.01. The van der Waals surface area contributed by atoms with Gasteiger partial charge in [0.05, 0.1) is 28.2 Å². The zero-order valence-electron chi connectivity index (χ0n) is 30.0. The first-order chi connectivity index (χ1) is 27.3. The van der Waals surface area contributed by atoms with Gasteiger partial charge in [-0.3, -0.25) is 9.97 Å². The van der Waals surface area contributed by atoms with Crippen molar-refractivity contribution in [2.45, 2.75) is 5.41 Å². The van der Waals surface area contributed by atoms with Crippen LogP contribution >= 0.6 is 0 Å². The second kappa shape index (κ2) is 13.6. The second-order valence-corrected chi connectivity index (χ2v) is 14.0. The van der Waals surface area contributed by atoms with Crippen LogP contribution in [0.15, 0.2) is 213 Å². The zero-order valence-corrected chi connectivity index (χ0v) is 30.0. The highest BCUT2D eigenvalue weighted by Gasteiger charge is 2.46. The van der Waals surface area contributed by atoms with Crippen LogP contribution in [0.1, 0.15) is 22.3 Å². The molecule has 55 heavy (non-hydrogen) atoms. The van der Waals surface area contributed by atoms with Gasteiger partial charge in [0.2, 0.25) is 0 Å². The topological polar surface area (TPSA) is 38.7 Å². The van der Waals surface area contributed by atoms with Crippen LogP contribution in [-0.4, -0.2) is 15.0 Å². The summed E-state index contributed by atoms with van der Waals surface area (Å²) in [6.45, 7) is 0. The number of rotatable bonds is 7. The molecule has 0 aliphatic heterocycles. The lowest BCUT2D eigenvalue weighted by molar-refractivity contribution is 0.769. The summed E-state index contributed by atoms with van der Waals surface area (Å²) < 4.78 is 0. The zero-order chi connectivity index (χ0) is 36.6. The Morgan fingerprint density at radius 1 is 0.291 bits per heavy atom. The lowest BCUT2D eigenvalue weighted by Crippen LogP contribution is -2.28. The molecule has 0 unspecified atom stereocenters. The average Bonchev–Trinajstić information content (AvgIpc) is 3.58. The Morgan fingerprint density at radius 3 is 1.40 bits per heavy atom. The smallest absolute Gasteiger partial charge is 0.0900 e. The maximum absolute atomic E-state index is 5.01. The highest BCUT2D eigenvalue weighted by Crippen LogP contribution is 2.57. The minimum absolute atomic E-state index is 0.461. The van der Waals surface area contributed by atoms with E-state index >= 15 is 0 Å². The molecule has 0 saturated heterocycles. The second-order valence-electron chi connectivity index (χ2n) is 14.0. The van der Waals surface area contributed by atoms with Crippen LogP contribution in [0, 0.1) is 0 Å². The quantitative estimate of drug-likeness (QED) is 0.166. The van der Waals surface area contributed by atoms with E-state index in [1.165, 1.54) is 50.1 Å². The first-order valence-electron chi connectivity index (χ1n) is 18.7. The number of hydrogen-bond acceptors (Lipinski definition) is 3. The first kappa shape index (κ1) is 32.4. The number of fused-ring (bicyclic) bond motifs is 3. The fraction of sp³-hybridized carbons (Fsp3) is 0.0192. The largest absolute Gasteiger partial charge is 0.255 e. The van der Waals surface area contributed by atoms with E-state index in [0.717, 1.165) is 39.5 Å². The fourth-order valence-corrected chi connectivity index (χ4v) is 8.45. The summed E-state index contributed by atoms with van der Waals surface area (Å²) in [7, 11) is 0. The van der Waals surface area contributed by atoms with Gasteiger partial charge in [0.1, 0.15) is 0 Å². The normalized spacial score (nSPS) is 12.5. The third-order valence-electron chi connectivity index (χ3n) is 10.9. The van der Waals surface area contributed by atoms with Crippen molar-refractivity contribution in [3.8, 4) is 67.3 Å². The van der Waals surface area contributed by atoms with Crippen LogP contribution < -0.4 is 0 Å². The van der Waals surface area contributed by atoms with Crippen molar-refractivity contribution in [2.24, 2.45) is 0 Å². The van der Waals surface area contributed by atoms with Gasteiger partial charge in [-0.15, -0.1) is 0 Å². The average molecular weight is 702 g/mol. The summed E-state index contributed by atoms with van der Waals surface area (Å²) >= 11 is 0. The Morgan fingerprint density at radius 2 is 0.800 bits per heavy atom. The molecule has 0 N–H and O–H groups in total. The number of pyridine rings is 3. The molecular formula is C52H35N3. The number of benzene rings is 6. The Hall–Kier alpha value is -7.23. The lowest BCUT2D eigenvalue weighted by atomic mass is 9.67. The molecule has 0 saturated carbocycles. The molecule has 1 aliphatic carbocycles. The summed E-state index contributed by atoms with van der Waals surface area (Å²) in [6, 6.07) is 71.7. The third-order valence-corrected chi connectivity index (χ3v) is 10.9. The predicted octanol–water partition coefficient (Wildman–Crippen LogP) is 12.6. The molecule has 3 heteroatoms. The predicted molar refractivity (Wildman–Crippen MR) is 224 cm³/mol. The minimum Gasteiger partial charge on any atom is -0.255 e. The Bertz CT molecular complexity index is 2700. The molecule has 10 rings (SSSR count). The van der Waals surface area contributed by atoms with Gasteiger partial charge in [-0.2, -0.15) is 0 Å². The van der Waals surface area contributed by atoms with Gasteiger partial charge in [0.25, 0.3) is 0 Å². The van der Waals surface area contributed by atoms with E-state index in [1.54, 1.807) is 0 Å². The molecule has 9 aromatic rings. The van der Waals surface area contributed by atoms with Crippen molar-refractivity contribution in [3.05, 3.63) is 235 Å². The maximum Gasteiger partial charge on any atom is 0.0900 e. The fourth-order valence-electron chi connectivity index (χ4n) is 8.45. The number of nitrogens with zero attached hydrogens (tertiary/aromatic N) is 3. The van der Waals surface area contributed by atoms with E-state index in [2.05, 4.69) is 174 Å². The minimum atomic E-state index is -0.461. The molecule has 0 amide bonds. The Labute approximate surface area is 321 Å². The monoisotopic (exact) mass is 701 g/mol. The highest BCUT2D eigenvalue weighted by atomic mass is 14.8. The SMILES string of the molecule is c1ccc(C2(c3ccccc3)c3ccccc3-c3ccc(-c4ccccc4-c4cccc(-c5cc(-c6ccccn6)nc(-c6ccccn6)c5)c4)cc32)cc1. The molecule has 0 spiro atoms. The lowest BCUT2D eigenvalue weighted by Gasteiger charge is -2.34. The molecule has 0 bridgehead atoms. The molecule has 3 aromatic heterocycles. The van der Waals surface area contributed by atoms with Crippen molar-refractivity contribution in [2.75, 3.05) is 0 Å². The Kier molecular flexibility index (Phi) is 8.04. The van der Waals surface area contributed by atoms with Gasteiger partial charge >= 0.3 is 0 Å². The van der Waals surface area contributed by atoms with Crippen molar-refractivity contribution >= 4 is 0 Å². The molecule has 6 aromatic carbocycles. The van der Waals surface area contributed by atoms with Gasteiger partial charge in [-0.05, 0) is 115 Å². The summed E-state index contributed by atoms with van der Waals surface area (Å²) in [6.07, 6.45) is 3.62. The van der Waals surface area contributed by atoms with Crippen molar-refractivity contribution < 1.29 is 0 Å². The molecular weight excluding hydrogens is 667 g/mol. The van der Waals surface area contributed by atoms with E-state index in [1.807, 2.05) is 48.8 Å². The van der Waals surface area contributed by atoms with Crippen LogP contribution in [0.4, 0.5) is 0 Å². The molecule has 0 radical (unpaired) electrons. The van der Waals surface area contributed by atoms with Gasteiger partial charge in [0.15, 0.2) is 0 Å². The molecule has 1 aliphatic rings. The first-order valence-corrected chi connectivity index (χ1v) is 18.7. The van der Waals surface area contributed by atoms with E-state index in [0.29, 0.717) is 0 Å². The van der Waals surface area contributed by atoms with E-state index in [9.17, 15) is 0 Å². The molecule has 3 nitrogen and oxygen atoms in total. The van der Waals surface area contributed by atoms with Crippen LogP contribution in [0.25, 0.3) is 67.3 Å². The van der Waals surface area contributed by atoms with E-state index < -0.39 is 5.41 Å². The summed E-state index contributed by atoms with van der Waals surface area (Å²) in [5.74, 6) is 0. The van der Waals surface area contributed by atoms with Crippen LogP contribution in [0.3, 0.4) is 0 Å². The van der Waals surface area contributed by atoms with Crippen molar-refractivity contribution in [3.63, 3.8) is 0 Å². The van der Waals surface area contributed by atoms with E-state index in [-0.39, 0.29) is 0 Å². The molecule has 0 atom stereocenters. The molecule has 258 valence electrons. The third kappa shape index (κ3) is 5.57. The van der Waals surface area contributed by atoms with Crippen LogP contribution in [0.2, 0.25) is 0 Å². The van der Waals surface area contributed by atoms with Gasteiger partial charge in [-0.1, -0.05) is 152 Å². The van der Waals surface area contributed by atoms with Crippen LogP contribution in [-0.2, 0) is 5.41 Å². The highest BCUT2D eigenvalue weighted by molar-refractivity contribution is 5.91. The standard InChI is InChI=1S/C52H35N3/c1-3-18-40(19-4-1)52(41-20-5-2-6-21-41)46-25-10-9-24-44(46)45-29-28-38(33-47(45)52)43-23-8-7-22-42(43)37-17-15-16-36(32-37)39-34-50(48-26-11-13-30-53-48)55-51(35-39)49-27-12-14-31-54-49/h1-35H. The summed E-state index contributed by atoms with van der Waals surface area (Å²) in [5, 5.41) is 0. The van der Waals surface area contributed by atoms with Gasteiger partial charge in [0, 0.05) is 12.4 Å². The number of hydrogen-bond donors (Lipinski definition) is 0. The molecule has 0 fully saturated rings. The van der Waals surface area contributed by atoms with E-state index in [4.69, 9.17) is 4.98 Å². The van der Waals surface area contributed by atoms with Crippen molar-refractivity contribution in [1.82, 2.24) is 15.0 Å². The van der Waals surface area contributed by atoms with Gasteiger partial charge in [-0.25, -0.2) is 4.98 Å². The Balaban J connectivity index is 1.13. The van der Waals surface area contributed by atoms with Crippen LogP contribution in [0.5, 0.6) is 0 Å².